The second-order valence-corrected chi connectivity index (χ2v) is 3.00. The molecule has 0 amide bonds. The van der Waals surface area contributed by atoms with Crippen molar-refractivity contribution in [3.05, 3.63) is 41.0 Å². The van der Waals surface area contributed by atoms with Gasteiger partial charge in [-0.05, 0) is 17.7 Å². The number of alkyl halides is 3. The highest BCUT2D eigenvalue weighted by Crippen LogP contribution is 2.33. The predicted octanol–water partition coefficient (Wildman–Crippen LogP) is 2.58. The molecule has 16 heavy (non-hydrogen) atoms. The lowest BCUT2D eigenvalue weighted by Gasteiger charge is -2.10. The van der Waals surface area contributed by atoms with E-state index < -0.39 is 11.7 Å². The van der Waals surface area contributed by atoms with E-state index in [2.05, 4.69) is 0 Å². The standard InChI is InChI=1S/C11H8F3NO/c12-11(13,14)10-6-8(7-15)3-4-9(10)2-1-5-16/h1-4,6,16H,5H2. The zero-order valence-electron chi connectivity index (χ0n) is 8.12. The van der Waals surface area contributed by atoms with Crippen LogP contribution in [0.15, 0.2) is 24.3 Å². The number of halogens is 3. The molecule has 0 spiro atoms. The van der Waals surface area contributed by atoms with Crippen molar-refractivity contribution in [2.24, 2.45) is 0 Å². The van der Waals surface area contributed by atoms with Gasteiger partial charge in [-0.15, -0.1) is 0 Å². The molecule has 0 heterocycles. The van der Waals surface area contributed by atoms with Crippen LogP contribution in [0.1, 0.15) is 16.7 Å². The largest absolute Gasteiger partial charge is 0.417 e. The van der Waals surface area contributed by atoms with Gasteiger partial charge in [-0.25, -0.2) is 0 Å². The minimum Gasteiger partial charge on any atom is -0.392 e. The van der Waals surface area contributed by atoms with Gasteiger partial charge < -0.3 is 5.11 Å². The highest BCUT2D eigenvalue weighted by Gasteiger charge is 2.32. The van der Waals surface area contributed by atoms with Crippen LogP contribution in [0.5, 0.6) is 0 Å². The monoisotopic (exact) mass is 227 g/mol. The molecule has 0 bridgehead atoms. The van der Waals surface area contributed by atoms with Crippen LogP contribution in [-0.4, -0.2) is 11.7 Å². The van der Waals surface area contributed by atoms with Crippen LogP contribution in [0, 0.1) is 11.3 Å². The molecule has 1 N–H and O–H groups in total. The minimum absolute atomic E-state index is 0.0477. The Morgan fingerprint density at radius 3 is 2.56 bits per heavy atom. The average Bonchev–Trinajstić information content (AvgIpc) is 2.25. The summed E-state index contributed by atoms with van der Waals surface area (Å²) in [6, 6.07) is 4.94. The van der Waals surface area contributed by atoms with Gasteiger partial charge in [-0.3, -0.25) is 0 Å². The smallest absolute Gasteiger partial charge is 0.392 e. The van der Waals surface area contributed by atoms with Gasteiger partial charge in [0.25, 0.3) is 0 Å². The Labute approximate surface area is 90.2 Å². The number of hydrogen-bond acceptors (Lipinski definition) is 2. The quantitative estimate of drug-likeness (QED) is 0.843. The van der Waals surface area contributed by atoms with Gasteiger partial charge in [0.1, 0.15) is 0 Å². The molecule has 0 aromatic heterocycles. The Balaban J connectivity index is 3.29. The maximum absolute atomic E-state index is 12.6. The van der Waals surface area contributed by atoms with E-state index in [9.17, 15) is 13.2 Å². The summed E-state index contributed by atoms with van der Waals surface area (Å²) in [5, 5.41) is 17.0. The van der Waals surface area contributed by atoms with E-state index in [1.54, 1.807) is 6.07 Å². The van der Waals surface area contributed by atoms with Crippen LogP contribution >= 0.6 is 0 Å². The second-order valence-electron chi connectivity index (χ2n) is 3.00. The fraction of sp³-hybridized carbons (Fsp3) is 0.182. The maximum atomic E-state index is 12.6. The summed E-state index contributed by atoms with van der Waals surface area (Å²) in [4.78, 5) is 0. The van der Waals surface area contributed by atoms with Crippen molar-refractivity contribution in [3.8, 4) is 6.07 Å². The summed E-state index contributed by atoms with van der Waals surface area (Å²) in [5.41, 5.74) is -0.995. The Hall–Kier alpha value is -1.80. The van der Waals surface area contributed by atoms with Gasteiger partial charge in [0, 0.05) is 0 Å². The van der Waals surface area contributed by atoms with Crippen LogP contribution in [0.25, 0.3) is 6.08 Å². The van der Waals surface area contributed by atoms with Gasteiger partial charge in [-0.2, -0.15) is 18.4 Å². The second kappa shape index (κ2) is 4.81. The third-order valence-corrected chi connectivity index (χ3v) is 1.89. The molecule has 0 saturated heterocycles. The van der Waals surface area contributed by atoms with Crippen LogP contribution in [-0.2, 0) is 6.18 Å². The van der Waals surface area contributed by atoms with Crippen LogP contribution in [0.4, 0.5) is 13.2 Å². The van der Waals surface area contributed by atoms with Crippen molar-refractivity contribution in [1.29, 1.82) is 5.26 Å². The Bertz CT molecular complexity index is 444. The molecule has 0 aliphatic carbocycles. The van der Waals surface area contributed by atoms with Crippen molar-refractivity contribution in [2.45, 2.75) is 6.18 Å². The Morgan fingerprint density at radius 1 is 1.38 bits per heavy atom. The van der Waals surface area contributed by atoms with Gasteiger partial charge in [0.15, 0.2) is 0 Å². The van der Waals surface area contributed by atoms with Crippen molar-refractivity contribution >= 4 is 6.08 Å². The predicted molar refractivity (Wildman–Crippen MR) is 52.3 cm³/mol. The van der Waals surface area contributed by atoms with E-state index in [0.29, 0.717) is 0 Å². The van der Waals surface area contributed by atoms with E-state index >= 15 is 0 Å². The molecule has 2 nitrogen and oxygen atoms in total. The molecule has 0 fully saturated rings. The third kappa shape index (κ3) is 2.84. The first-order chi connectivity index (χ1) is 7.49. The van der Waals surface area contributed by atoms with Gasteiger partial charge in [0.05, 0.1) is 23.8 Å². The molecular formula is C11H8F3NO. The number of aliphatic hydroxyl groups excluding tert-OH is 1. The third-order valence-electron chi connectivity index (χ3n) is 1.89. The molecule has 84 valence electrons. The molecule has 0 atom stereocenters. The van der Waals surface area contributed by atoms with Crippen molar-refractivity contribution in [2.75, 3.05) is 6.61 Å². The summed E-state index contributed by atoms with van der Waals surface area (Å²) in [6.45, 7) is -0.336. The summed E-state index contributed by atoms with van der Waals surface area (Å²) >= 11 is 0. The Kier molecular flexibility index (Phi) is 3.69. The zero-order valence-corrected chi connectivity index (χ0v) is 8.12. The summed E-state index contributed by atoms with van der Waals surface area (Å²) < 4.78 is 37.8. The fourth-order valence-corrected chi connectivity index (χ4v) is 1.20. The molecular weight excluding hydrogens is 219 g/mol. The summed E-state index contributed by atoms with van der Waals surface area (Å²) in [7, 11) is 0. The van der Waals surface area contributed by atoms with E-state index in [1.807, 2.05) is 0 Å². The molecule has 1 rings (SSSR count). The molecule has 1 aromatic rings. The van der Waals surface area contributed by atoms with Crippen molar-refractivity contribution < 1.29 is 18.3 Å². The number of rotatable bonds is 2. The lowest BCUT2D eigenvalue weighted by Crippen LogP contribution is -2.07. The Morgan fingerprint density at radius 2 is 2.06 bits per heavy atom. The zero-order chi connectivity index (χ0) is 12.2. The number of nitrogens with zero attached hydrogens (tertiary/aromatic N) is 1. The highest BCUT2D eigenvalue weighted by atomic mass is 19.4. The number of nitriles is 1. The topological polar surface area (TPSA) is 44.0 Å². The van der Waals surface area contributed by atoms with Crippen molar-refractivity contribution in [3.63, 3.8) is 0 Å². The van der Waals surface area contributed by atoms with Crippen LogP contribution in [0.2, 0.25) is 0 Å². The molecule has 0 aliphatic rings. The maximum Gasteiger partial charge on any atom is 0.417 e. The fourth-order valence-electron chi connectivity index (χ4n) is 1.20. The highest BCUT2D eigenvalue weighted by molar-refractivity contribution is 5.57. The summed E-state index contributed by atoms with van der Waals surface area (Å²) in [6.07, 6.45) is -2.14. The van der Waals surface area contributed by atoms with Gasteiger partial charge in [-0.1, -0.05) is 18.2 Å². The van der Waals surface area contributed by atoms with E-state index in [0.717, 1.165) is 6.07 Å². The first kappa shape index (κ1) is 12.3. The van der Waals surface area contributed by atoms with Crippen molar-refractivity contribution in [1.82, 2.24) is 0 Å². The first-order valence-electron chi connectivity index (χ1n) is 4.38. The van der Waals surface area contributed by atoms with E-state index in [4.69, 9.17) is 10.4 Å². The number of hydrogen-bond donors (Lipinski definition) is 1. The summed E-state index contributed by atoms with van der Waals surface area (Å²) in [5.74, 6) is 0. The lowest BCUT2D eigenvalue weighted by molar-refractivity contribution is -0.137. The molecule has 0 saturated carbocycles. The van der Waals surface area contributed by atoms with E-state index in [-0.39, 0.29) is 17.7 Å². The van der Waals surface area contributed by atoms with E-state index in [1.165, 1.54) is 24.3 Å². The molecule has 0 radical (unpaired) electrons. The molecule has 0 unspecified atom stereocenters. The molecule has 0 aliphatic heterocycles. The van der Waals surface area contributed by atoms with Gasteiger partial charge in [0.2, 0.25) is 0 Å². The van der Waals surface area contributed by atoms with Gasteiger partial charge >= 0.3 is 6.18 Å². The number of aliphatic hydroxyl groups is 1. The normalized spacial score (nSPS) is 11.7. The first-order valence-corrected chi connectivity index (χ1v) is 4.38. The average molecular weight is 227 g/mol. The van der Waals surface area contributed by atoms with Crippen LogP contribution < -0.4 is 0 Å². The van der Waals surface area contributed by atoms with Crippen LogP contribution in [0.3, 0.4) is 0 Å². The molecule has 1 aromatic carbocycles. The lowest BCUT2D eigenvalue weighted by atomic mass is 10.0. The molecule has 5 heteroatoms. The SMILES string of the molecule is N#Cc1ccc(C=CCO)c(C(F)(F)F)c1. The minimum atomic E-state index is -4.51. The number of benzene rings is 1.